The third-order valence-electron chi connectivity index (χ3n) is 5.47. The number of halogens is 6. The molecule has 11 nitrogen and oxygen atoms in total. The maximum Gasteiger partial charge on any atom is 0.490 e. The van der Waals surface area contributed by atoms with Crippen molar-refractivity contribution in [1.29, 1.82) is 0 Å². The van der Waals surface area contributed by atoms with E-state index in [0.29, 0.717) is 12.5 Å². The van der Waals surface area contributed by atoms with Gasteiger partial charge in [-0.1, -0.05) is 30.3 Å². The first-order chi connectivity index (χ1) is 18.6. The number of alkyl halides is 6. The molecule has 0 radical (unpaired) electrons. The van der Waals surface area contributed by atoms with E-state index in [1.54, 1.807) is 0 Å². The number of likely N-dealkylation sites (tertiary alicyclic amines) is 1. The number of carboxylic acid groups (broad SMARTS) is 2. The Morgan fingerprint density at radius 3 is 1.93 bits per heavy atom. The van der Waals surface area contributed by atoms with E-state index in [4.69, 9.17) is 25.5 Å². The van der Waals surface area contributed by atoms with Crippen LogP contribution in [0.4, 0.5) is 32.0 Å². The molecule has 1 atom stereocenters. The number of anilines is 1. The van der Waals surface area contributed by atoms with E-state index in [1.165, 1.54) is 0 Å². The molecule has 1 saturated heterocycles. The molecule has 1 amide bonds. The van der Waals surface area contributed by atoms with Gasteiger partial charge in [-0.15, -0.1) is 5.10 Å². The topological polar surface area (TPSA) is 164 Å². The minimum atomic E-state index is -5.08. The number of amides is 1. The van der Waals surface area contributed by atoms with Crippen molar-refractivity contribution in [2.75, 3.05) is 18.4 Å². The first-order valence-corrected chi connectivity index (χ1v) is 11.9. The van der Waals surface area contributed by atoms with E-state index in [9.17, 15) is 31.1 Å². The molecule has 1 aliphatic heterocycles. The molecule has 3 rings (SSSR count). The Balaban J connectivity index is 0.000000473. The lowest BCUT2D eigenvalue weighted by molar-refractivity contribution is -0.193. The van der Waals surface area contributed by atoms with Crippen molar-refractivity contribution in [2.24, 2.45) is 11.7 Å². The molecule has 0 bridgehead atoms. The molecule has 5 N–H and O–H groups in total. The average molecular weight is 585 g/mol. The van der Waals surface area contributed by atoms with Gasteiger partial charge in [0.05, 0.1) is 5.69 Å². The van der Waals surface area contributed by atoms with Crippen LogP contribution in [0.3, 0.4) is 0 Å². The van der Waals surface area contributed by atoms with E-state index < -0.39 is 24.3 Å². The molecular weight excluding hydrogens is 554 g/mol. The summed E-state index contributed by atoms with van der Waals surface area (Å²) in [6.45, 7) is 4.91. The second-order valence-corrected chi connectivity index (χ2v) is 8.48. The molecule has 2 aromatic rings. The van der Waals surface area contributed by atoms with Crippen LogP contribution < -0.4 is 11.1 Å². The van der Waals surface area contributed by atoms with Gasteiger partial charge in [0.2, 0.25) is 5.91 Å². The van der Waals surface area contributed by atoms with E-state index in [-0.39, 0.29) is 11.9 Å². The van der Waals surface area contributed by atoms with Crippen LogP contribution in [0.15, 0.2) is 36.5 Å². The molecule has 40 heavy (non-hydrogen) atoms. The van der Waals surface area contributed by atoms with Crippen molar-refractivity contribution in [1.82, 2.24) is 19.9 Å². The first-order valence-electron chi connectivity index (χ1n) is 11.9. The fourth-order valence-electron chi connectivity index (χ4n) is 3.42. The molecule has 0 spiro atoms. The quantitative estimate of drug-likeness (QED) is 0.358. The van der Waals surface area contributed by atoms with Gasteiger partial charge >= 0.3 is 24.3 Å². The highest BCUT2D eigenvalue weighted by Gasteiger charge is 2.38. The summed E-state index contributed by atoms with van der Waals surface area (Å²) >= 11 is 0. The second kappa shape index (κ2) is 15.6. The number of para-hydroxylation sites is 1. The van der Waals surface area contributed by atoms with Crippen molar-refractivity contribution in [3.8, 4) is 0 Å². The molecule has 224 valence electrons. The Labute approximate surface area is 224 Å². The molecular formula is C23H30F6N6O5. The molecule has 1 aliphatic rings. The number of hydrogen-bond donors (Lipinski definition) is 4. The number of carbonyl (C=O) groups is 3. The Bertz CT molecular complexity index is 1050. The number of aliphatic carboxylic acids is 2. The Morgan fingerprint density at radius 1 is 1.02 bits per heavy atom. The van der Waals surface area contributed by atoms with Crippen LogP contribution in [0.25, 0.3) is 0 Å². The monoisotopic (exact) mass is 584 g/mol. The maximum absolute atomic E-state index is 12.9. The van der Waals surface area contributed by atoms with Crippen molar-refractivity contribution in [2.45, 2.75) is 57.7 Å². The third kappa shape index (κ3) is 12.3. The fourth-order valence-corrected chi connectivity index (χ4v) is 3.42. The molecule has 1 unspecified atom stereocenters. The minimum Gasteiger partial charge on any atom is -0.475 e. The summed E-state index contributed by atoms with van der Waals surface area (Å²) in [6.07, 6.45) is -5.50. The van der Waals surface area contributed by atoms with E-state index in [0.717, 1.165) is 50.3 Å². The van der Waals surface area contributed by atoms with Crippen LogP contribution in [-0.4, -0.2) is 79.4 Å². The first kappa shape index (κ1) is 34.1. The number of hydrogen-bond acceptors (Lipinski definition) is 7. The number of carbonyl (C=O) groups excluding carboxylic acids is 1. The van der Waals surface area contributed by atoms with Crippen LogP contribution in [0.5, 0.6) is 0 Å². The minimum absolute atomic E-state index is 0.170. The smallest absolute Gasteiger partial charge is 0.475 e. The summed E-state index contributed by atoms with van der Waals surface area (Å²) in [5, 5.41) is 25.8. The molecule has 1 aromatic heterocycles. The number of benzene rings is 1. The van der Waals surface area contributed by atoms with Crippen molar-refractivity contribution >= 4 is 23.5 Å². The number of nitrogens with one attached hydrogen (secondary N) is 1. The molecule has 17 heteroatoms. The zero-order valence-electron chi connectivity index (χ0n) is 21.3. The van der Waals surface area contributed by atoms with E-state index >= 15 is 0 Å². The zero-order valence-corrected chi connectivity index (χ0v) is 21.3. The third-order valence-corrected chi connectivity index (χ3v) is 5.47. The summed E-state index contributed by atoms with van der Waals surface area (Å²) in [7, 11) is 0. The lowest BCUT2D eigenvalue weighted by atomic mass is 9.96. The van der Waals surface area contributed by atoms with Crippen LogP contribution in [0.1, 0.15) is 31.9 Å². The van der Waals surface area contributed by atoms with Gasteiger partial charge in [0.15, 0.2) is 0 Å². The molecule has 2 heterocycles. The highest BCUT2D eigenvalue weighted by molar-refractivity contribution is 5.84. The highest BCUT2D eigenvalue weighted by atomic mass is 19.4. The summed E-state index contributed by atoms with van der Waals surface area (Å²) in [5.41, 5.74) is 7.38. The SMILES string of the molecule is CCC(Nc1ccccc1)C(=O)N1CCC(Cn2cc(CN)nn2)CC1.O=C(O)C(F)(F)F.O=C(O)C(F)(F)F. The second-order valence-electron chi connectivity index (χ2n) is 8.48. The standard InChI is InChI=1S/C19H28N6O.2C2HF3O2/c1-2-18(21-16-6-4-3-5-7-16)19(26)24-10-8-15(9-11-24)13-25-14-17(12-20)22-23-25;2*3-2(4,5)1(6)7/h3-7,14-15,18,21H,2,8-13,20H2,1H3;2*(H,6,7). The molecule has 1 fully saturated rings. The van der Waals surface area contributed by atoms with Crippen LogP contribution in [0, 0.1) is 5.92 Å². The Morgan fingerprint density at radius 2 is 1.52 bits per heavy atom. The van der Waals surface area contributed by atoms with Crippen molar-refractivity contribution < 1.29 is 50.9 Å². The summed E-state index contributed by atoms with van der Waals surface area (Å²) in [6, 6.07) is 9.75. The molecule has 0 saturated carbocycles. The van der Waals surface area contributed by atoms with Crippen LogP contribution in [-0.2, 0) is 27.5 Å². The lowest BCUT2D eigenvalue weighted by Gasteiger charge is -2.34. The zero-order chi connectivity index (χ0) is 30.5. The Kier molecular flexibility index (Phi) is 13.3. The average Bonchev–Trinajstić information content (AvgIpc) is 3.35. The number of nitrogens with two attached hydrogens (primary N) is 1. The summed E-state index contributed by atoms with van der Waals surface area (Å²) in [5.74, 6) is -4.80. The molecule has 1 aromatic carbocycles. The van der Waals surface area contributed by atoms with Gasteiger partial charge in [0.1, 0.15) is 6.04 Å². The van der Waals surface area contributed by atoms with E-state index in [2.05, 4.69) is 15.6 Å². The largest absolute Gasteiger partial charge is 0.490 e. The predicted molar refractivity (Wildman–Crippen MR) is 129 cm³/mol. The highest BCUT2D eigenvalue weighted by Crippen LogP contribution is 2.21. The fraction of sp³-hybridized carbons (Fsp3) is 0.522. The summed E-state index contributed by atoms with van der Waals surface area (Å²) < 4.78 is 65.3. The molecule has 0 aliphatic carbocycles. The van der Waals surface area contributed by atoms with Gasteiger partial charge in [0, 0.05) is 38.1 Å². The van der Waals surface area contributed by atoms with Gasteiger partial charge in [-0.25, -0.2) is 9.59 Å². The number of rotatable bonds is 7. The summed E-state index contributed by atoms with van der Waals surface area (Å²) in [4.78, 5) is 32.6. The van der Waals surface area contributed by atoms with Gasteiger partial charge < -0.3 is 26.2 Å². The number of nitrogens with zero attached hydrogens (tertiary/aromatic N) is 4. The van der Waals surface area contributed by atoms with Crippen molar-refractivity contribution in [3.05, 3.63) is 42.2 Å². The van der Waals surface area contributed by atoms with Gasteiger partial charge in [-0.3, -0.25) is 9.48 Å². The van der Waals surface area contributed by atoms with Crippen molar-refractivity contribution in [3.63, 3.8) is 0 Å². The maximum atomic E-state index is 12.9. The normalized spacial score (nSPS) is 14.7. The number of piperidine rings is 1. The van der Waals surface area contributed by atoms with Crippen LogP contribution >= 0.6 is 0 Å². The Hall–Kier alpha value is -3.89. The number of carboxylic acids is 2. The lowest BCUT2D eigenvalue weighted by Crippen LogP contribution is -2.46. The number of aromatic nitrogens is 3. The van der Waals surface area contributed by atoms with Gasteiger partial charge in [-0.2, -0.15) is 26.3 Å². The van der Waals surface area contributed by atoms with Crippen LogP contribution in [0.2, 0.25) is 0 Å². The predicted octanol–water partition coefficient (Wildman–Crippen LogP) is 3.13. The van der Waals surface area contributed by atoms with Gasteiger partial charge in [-0.05, 0) is 37.3 Å². The van der Waals surface area contributed by atoms with Gasteiger partial charge in [0.25, 0.3) is 0 Å². The van der Waals surface area contributed by atoms with E-state index in [1.807, 2.05) is 53.0 Å².